The predicted molar refractivity (Wildman–Crippen MR) is 90.1 cm³/mol. The summed E-state index contributed by atoms with van der Waals surface area (Å²) in [5, 5.41) is 13.9. The summed E-state index contributed by atoms with van der Waals surface area (Å²) >= 11 is 5.85. The molecule has 0 bridgehead atoms. The van der Waals surface area contributed by atoms with Crippen LogP contribution in [0, 0.1) is 0 Å². The molecule has 1 atom stereocenters. The lowest BCUT2D eigenvalue weighted by molar-refractivity contribution is -0.155. The number of hydrogen-bond donors (Lipinski definition) is 1. The van der Waals surface area contributed by atoms with Crippen molar-refractivity contribution in [1.29, 1.82) is 0 Å². The number of aromatic nitrogens is 2. The van der Waals surface area contributed by atoms with Gasteiger partial charge in [-0.05, 0) is 44.0 Å². The lowest BCUT2D eigenvalue weighted by atomic mass is 9.99. The van der Waals surface area contributed by atoms with Gasteiger partial charge in [0.05, 0.1) is 0 Å². The van der Waals surface area contributed by atoms with Gasteiger partial charge in [-0.25, -0.2) is 4.79 Å². The fourth-order valence-electron chi connectivity index (χ4n) is 3.01. The molecule has 1 aliphatic heterocycles. The van der Waals surface area contributed by atoms with Crippen molar-refractivity contribution in [2.45, 2.75) is 38.1 Å². The zero-order valence-electron chi connectivity index (χ0n) is 13.7. The van der Waals surface area contributed by atoms with Gasteiger partial charge in [-0.2, -0.15) is 4.98 Å². The van der Waals surface area contributed by atoms with Crippen molar-refractivity contribution in [2.75, 3.05) is 6.54 Å². The second-order valence-electron chi connectivity index (χ2n) is 6.25. The number of benzene rings is 1. The summed E-state index contributed by atoms with van der Waals surface area (Å²) < 4.78 is 5.18. The maximum atomic E-state index is 12.4. The Morgan fingerprint density at radius 1 is 1.36 bits per heavy atom. The number of carboxylic acid groups (broad SMARTS) is 1. The number of aliphatic carboxylic acids is 1. The molecule has 1 saturated heterocycles. The molecular weight excluding hydrogens is 346 g/mol. The number of halogens is 1. The van der Waals surface area contributed by atoms with Crippen molar-refractivity contribution in [2.24, 2.45) is 0 Å². The zero-order valence-corrected chi connectivity index (χ0v) is 14.5. The van der Waals surface area contributed by atoms with Gasteiger partial charge in [0, 0.05) is 30.0 Å². The second kappa shape index (κ2) is 6.84. The van der Waals surface area contributed by atoms with E-state index in [1.807, 2.05) is 0 Å². The summed E-state index contributed by atoms with van der Waals surface area (Å²) in [4.78, 5) is 29.6. The largest absolute Gasteiger partial charge is 0.480 e. The average molecular weight is 364 g/mol. The minimum absolute atomic E-state index is 0.130. The molecule has 1 amide bonds. The van der Waals surface area contributed by atoms with Crippen LogP contribution in [0.5, 0.6) is 0 Å². The van der Waals surface area contributed by atoms with Crippen molar-refractivity contribution in [3.63, 3.8) is 0 Å². The Labute approximate surface area is 149 Å². The van der Waals surface area contributed by atoms with E-state index < -0.39 is 11.5 Å². The Hall–Kier alpha value is -2.41. The van der Waals surface area contributed by atoms with E-state index in [9.17, 15) is 14.7 Å². The summed E-state index contributed by atoms with van der Waals surface area (Å²) in [5.41, 5.74) is -0.357. The first kappa shape index (κ1) is 17.4. The summed E-state index contributed by atoms with van der Waals surface area (Å²) in [6.07, 6.45) is 1.56. The highest BCUT2D eigenvalue weighted by atomic mass is 35.5. The molecule has 0 radical (unpaired) electrons. The van der Waals surface area contributed by atoms with Crippen LogP contribution >= 0.6 is 11.6 Å². The Morgan fingerprint density at radius 3 is 2.76 bits per heavy atom. The summed E-state index contributed by atoms with van der Waals surface area (Å²) in [6, 6.07) is 7.03. The van der Waals surface area contributed by atoms with Crippen LogP contribution in [0.15, 0.2) is 28.8 Å². The number of carbonyl (C=O) groups is 2. The van der Waals surface area contributed by atoms with Crippen LogP contribution in [-0.4, -0.2) is 44.1 Å². The highest BCUT2D eigenvalue weighted by Crippen LogP contribution is 2.30. The summed E-state index contributed by atoms with van der Waals surface area (Å²) in [6.45, 7) is 2.05. The Bertz CT molecular complexity index is 789. The number of carbonyl (C=O) groups excluding carboxylic acids is 1. The lowest BCUT2D eigenvalue weighted by Crippen LogP contribution is -2.50. The minimum atomic E-state index is -1.12. The van der Waals surface area contributed by atoms with E-state index in [0.717, 1.165) is 5.56 Å². The smallest absolute Gasteiger partial charge is 0.329 e. The monoisotopic (exact) mass is 363 g/mol. The van der Waals surface area contributed by atoms with E-state index >= 15 is 0 Å². The van der Waals surface area contributed by atoms with Crippen molar-refractivity contribution in [1.82, 2.24) is 15.0 Å². The third-order valence-electron chi connectivity index (χ3n) is 4.53. The number of rotatable bonds is 5. The van der Waals surface area contributed by atoms with E-state index in [1.165, 1.54) is 4.90 Å². The molecule has 0 spiro atoms. The topological polar surface area (TPSA) is 96.5 Å². The molecule has 3 rings (SSSR count). The number of amides is 1. The van der Waals surface area contributed by atoms with Crippen molar-refractivity contribution in [3.05, 3.63) is 35.2 Å². The maximum absolute atomic E-state index is 12.4. The normalized spacial score (nSPS) is 20.0. The van der Waals surface area contributed by atoms with E-state index in [-0.39, 0.29) is 18.7 Å². The molecule has 1 aromatic heterocycles. The standard InChI is InChI=1S/C17H18ClN3O4/c1-17(16(23)24)9-2-10-21(17)14(22)8-7-13-19-15(20-25-13)11-3-5-12(18)6-4-11/h3-6H,2,7-10H2,1H3,(H,23,24). The zero-order chi connectivity index (χ0) is 18.0. The van der Waals surface area contributed by atoms with Crippen LogP contribution in [0.25, 0.3) is 11.4 Å². The average Bonchev–Trinajstić information content (AvgIpc) is 3.21. The molecule has 8 heteroatoms. The Balaban J connectivity index is 1.63. The lowest BCUT2D eigenvalue weighted by Gasteiger charge is -2.31. The first-order valence-corrected chi connectivity index (χ1v) is 8.40. The van der Waals surface area contributed by atoms with Crippen molar-refractivity contribution < 1.29 is 19.2 Å². The third-order valence-corrected chi connectivity index (χ3v) is 4.78. The van der Waals surface area contributed by atoms with Gasteiger partial charge in [-0.1, -0.05) is 16.8 Å². The molecule has 1 unspecified atom stereocenters. The molecule has 0 aliphatic carbocycles. The van der Waals surface area contributed by atoms with E-state index in [0.29, 0.717) is 36.1 Å². The molecule has 1 aromatic carbocycles. The van der Waals surface area contributed by atoms with Crippen molar-refractivity contribution in [3.8, 4) is 11.4 Å². The number of likely N-dealkylation sites (tertiary alicyclic amines) is 1. The van der Waals surface area contributed by atoms with Crippen LogP contribution in [-0.2, 0) is 16.0 Å². The summed E-state index contributed by atoms with van der Waals surface area (Å²) in [7, 11) is 0. The first-order valence-electron chi connectivity index (χ1n) is 8.02. The van der Waals surface area contributed by atoms with E-state index in [4.69, 9.17) is 16.1 Å². The van der Waals surface area contributed by atoms with Crippen LogP contribution in [0.3, 0.4) is 0 Å². The molecule has 2 aromatic rings. The molecule has 25 heavy (non-hydrogen) atoms. The van der Waals surface area contributed by atoms with Gasteiger partial charge in [0.25, 0.3) is 0 Å². The predicted octanol–water partition coefficient (Wildman–Crippen LogP) is 2.79. The number of aryl methyl sites for hydroxylation is 1. The van der Waals surface area contributed by atoms with Crippen LogP contribution in [0.1, 0.15) is 32.1 Å². The molecule has 0 saturated carbocycles. The first-order chi connectivity index (χ1) is 11.9. The number of carboxylic acids is 1. The van der Waals surface area contributed by atoms with Gasteiger partial charge >= 0.3 is 5.97 Å². The van der Waals surface area contributed by atoms with Crippen LogP contribution < -0.4 is 0 Å². The highest BCUT2D eigenvalue weighted by molar-refractivity contribution is 6.30. The molecule has 1 N–H and O–H groups in total. The van der Waals surface area contributed by atoms with Crippen LogP contribution in [0.4, 0.5) is 0 Å². The molecule has 132 valence electrons. The fourth-order valence-corrected chi connectivity index (χ4v) is 3.13. The number of nitrogens with zero attached hydrogens (tertiary/aromatic N) is 3. The molecule has 7 nitrogen and oxygen atoms in total. The van der Waals surface area contributed by atoms with E-state index in [1.54, 1.807) is 31.2 Å². The van der Waals surface area contributed by atoms with E-state index in [2.05, 4.69) is 10.1 Å². The van der Waals surface area contributed by atoms with Gasteiger partial charge < -0.3 is 14.5 Å². The quantitative estimate of drug-likeness (QED) is 0.877. The Kier molecular flexibility index (Phi) is 4.76. The van der Waals surface area contributed by atoms with Gasteiger partial charge in [0.1, 0.15) is 5.54 Å². The Morgan fingerprint density at radius 2 is 2.08 bits per heavy atom. The maximum Gasteiger partial charge on any atom is 0.329 e. The number of hydrogen-bond acceptors (Lipinski definition) is 5. The molecule has 2 heterocycles. The highest BCUT2D eigenvalue weighted by Gasteiger charge is 2.45. The van der Waals surface area contributed by atoms with Gasteiger partial charge in [-0.3, -0.25) is 4.79 Å². The fraction of sp³-hybridized carbons (Fsp3) is 0.412. The van der Waals surface area contributed by atoms with Crippen molar-refractivity contribution >= 4 is 23.5 Å². The SMILES string of the molecule is CC1(C(=O)O)CCCN1C(=O)CCc1nc(-c2ccc(Cl)cc2)no1. The van der Waals surface area contributed by atoms with Gasteiger partial charge in [0.15, 0.2) is 0 Å². The van der Waals surface area contributed by atoms with Gasteiger partial charge in [0.2, 0.25) is 17.6 Å². The second-order valence-corrected chi connectivity index (χ2v) is 6.68. The molecule has 1 aliphatic rings. The molecule has 1 fully saturated rings. The third kappa shape index (κ3) is 3.51. The minimum Gasteiger partial charge on any atom is -0.480 e. The van der Waals surface area contributed by atoms with Gasteiger partial charge in [-0.15, -0.1) is 0 Å². The molecular formula is C17H18ClN3O4. The summed E-state index contributed by atoms with van der Waals surface area (Å²) in [5.74, 6) is -0.417. The van der Waals surface area contributed by atoms with Crippen LogP contribution in [0.2, 0.25) is 5.02 Å².